The van der Waals surface area contributed by atoms with E-state index in [2.05, 4.69) is 104 Å². The van der Waals surface area contributed by atoms with Crippen molar-refractivity contribution in [2.24, 2.45) is 15.3 Å². The zero-order valence-corrected chi connectivity index (χ0v) is 52.1. The molecule has 9 aromatic rings. The van der Waals surface area contributed by atoms with Crippen LogP contribution in [0.5, 0.6) is 17.2 Å². The fourth-order valence-corrected chi connectivity index (χ4v) is 7.76. The molecule has 0 saturated carbocycles. The van der Waals surface area contributed by atoms with Gasteiger partial charge in [-0.25, -0.2) is 28.1 Å². The Labute approximate surface area is 564 Å². The molecule has 99 heavy (non-hydrogen) atoms. The van der Waals surface area contributed by atoms with Crippen molar-refractivity contribution < 1.29 is 51.1 Å². The molecule has 9 rings (SSSR count). The minimum Gasteiger partial charge on any atom is -0.491 e. The lowest BCUT2D eigenvalue weighted by Gasteiger charge is -2.11. The van der Waals surface area contributed by atoms with E-state index in [1.54, 1.807) is 146 Å². The molecule has 3 aromatic heterocycles. The van der Waals surface area contributed by atoms with E-state index in [0.29, 0.717) is 141 Å². The normalized spacial score (nSPS) is 9.97. The molecular formula is C64H70F4N24O7. The highest BCUT2D eigenvalue weighted by Gasteiger charge is 2.13. The number of halogens is 4. The van der Waals surface area contributed by atoms with Gasteiger partial charge in [0.2, 0.25) is 23.8 Å². The van der Waals surface area contributed by atoms with Gasteiger partial charge in [-0.3, -0.25) is 9.50 Å². The fraction of sp³-hybridized carbons (Fsp3) is 0.203. The van der Waals surface area contributed by atoms with Crippen molar-refractivity contribution in [1.29, 1.82) is 0 Å². The number of nitrogens with two attached hydrogens (primary N) is 2. The van der Waals surface area contributed by atoms with Gasteiger partial charge in [-0.05, 0) is 150 Å². The third-order valence-corrected chi connectivity index (χ3v) is 12.1. The Balaban J connectivity index is 0.000000266. The molecule has 3 heterocycles. The van der Waals surface area contributed by atoms with Crippen LogP contribution in [0.4, 0.5) is 104 Å². The lowest BCUT2D eigenvalue weighted by Crippen LogP contribution is -2.08. The molecule has 0 spiro atoms. The number of benzene rings is 6. The van der Waals surface area contributed by atoms with E-state index in [9.17, 15) is 18.0 Å². The zero-order chi connectivity index (χ0) is 68.7. The Kier molecular flexibility index (Phi) is 33.5. The smallest absolute Gasteiger partial charge is 0.247 e. The lowest BCUT2D eigenvalue weighted by atomic mass is 10.2. The lowest BCUT2D eigenvalue weighted by molar-refractivity contribution is -0.111. The number of azide groups is 3. The van der Waals surface area contributed by atoms with E-state index in [4.69, 9.17) is 56.5 Å². The number of anilines is 15. The van der Waals surface area contributed by atoms with Crippen LogP contribution in [0, 0.1) is 17.5 Å². The molecule has 0 bridgehead atoms. The number of amides is 1. The molecule has 0 radical (unpaired) electrons. The van der Waals surface area contributed by atoms with E-state index < -0.39 is 17.5 Å². The van der Waals surface area contributed by atoms with Gasteiger partial charge >= 0.3 is 0 Å². The first kappa shape index (κ1) is 76.8. The highest BCUT2D eigenvalue weighted by molar-refractivity contribution is 5.99. The monoisotopic (exact) mass is 1360 g/mol. The molecule has 35 heteroatoms. The minimum absolute atomic E-state index is 0. The number of rotatable bonds is 35. The van der Waals surface area contributed by atoms with Crippen LogP contribution in [0.25, 0.3) is 31.3 Å². The van der Waals surface area contributed by atoms with E-state index in [1.807, 2.05) is 0 Å². The molecule has 6 aromatic carbocycles. The molecule has 11 N–H and O–H groups in total. The van der Waals surface area contributed by atoms with Crippen molar-refractivity contribution in [2.45, 2.75) is 7.43 Å². The third-order valence-electron chi connectivity index (χ3n) is 12.1. The van der Waals surface area contributed by atoms with Crippen LogP contribution in [0.3, 0.4) is 0 Å². The molecule has 0 atom stereocenters. The highest BCUT2D eigenvalue weighted by Crippen LogP contribution is 2.27. The zero-order valence-electron chi connectivity index (χ0n) is 52.1. The summed E-state index contributed by atoms with van der Waals surface area (Å²) in [5, 5.41) is 30.5. The third kappa shape index (κ3) is 28.7. The summed E-state index contributed by atoms with van der Waals surface area (Å²) in [6.07, 6.45) is 4.39. The summed E-state index contributed by atoms with van der Waals surface area (Å²) in [5.74, 6) is 0.479. The standard InChI is InChI=1S/C23H23FN8O3.2C20H21FN8O2.CH4.FH/c1-2-21(33)28-17-4-3-5-18(14-17)29-22-20(24)15-26-23(31-22)30-16-6-8-19(9-7-16)35-13-12-34-11-10-27-32-25;2*21-18-13-24-20(28-19(18)26-16-3-1-2-14(22)12-16)27-15-4-6-17(7-5-15)31-11-10-30-9-8-25-29-23;;/h2-9,14-15H,1,10-13H2,(H,28,33)(H2,26,29,30,31);2*1-7,12-13H,8-11,22H2,(H2,24,26,27,28);1H4;1H. The van der Waals surface area contributed by atoms with Crippen LogP contribution >= 0.6 is 0 Å². The molecule has 0 aliphatic heterocycles. The molecular weight excluding hydrogens is 1290 g/mol. The number of nitrogen functional groups attached to an aromatic ring is 2. The second-order valence-corrected chi connectivity index (χ2v) is 19.3. The summed E-state index contributed by atoms with van der Waals surface area (Å²) in [5.41, 5.74) is 41.5. The number of aromatic nitrogens is 6. The highest BCUT2D eigenvalue weighted by atomic mass is 19.1. The van der Waals surface area contributed by atoms with Crippen molar-refractivity contribution in [2.75, 3.05) is 128 Å². The maximum atomic E-state index is 14.3. The van der Waals surface area contributed by atoms with Crippen LogP contribution in [-0.2, 0) is 19.0 Å². The first-order valence-corrected chi connectivity index (χ1v) is 29.2. The minimum atomic E-state index is -0.638. The molecule has 31 nitrogen and oxygen atoms in total. The molecule has 0 fully saturated rings. The van der Waals surface area contributed by atoms with Crippen LogP contribution < -0.4 is 62.9 Å². The van der Waals surface area contributed by atoms with Gasteiger partial charge in [0.05, 0.1) is 58.2 Å². The van der Waals surface area contributed by atoms with Gasteiger partial charge in [-0.2, -0.15) is 15.0 Å². The summed E-state index contributed by atoms with van der Waals surface area (Å²) < 4.78 is 75.0. The van der Waals surface area contributed by atoms with Crippen molar-refractivity contribution in [3.8, 4) is 17.2 Å². The summed E-state index contributed by atoms with van der Waals surface area (Å²) in [4.78, 5) is 43.9. The van der Waals surface area contributed by atoms with Crippen molar-refractivity contribution in [1.82, 2.24) is 29.9 Å². The molecule has 1 amide bonds. The first-order valence-electron chi connectivity index (χ1n) is 29.2. The van der Waals surface area contributed by atoms with Crippen LogP contribution in [0.1, 0.15) is 7.43 Å². The molecule has 0 unspecified atom stereocenters. The summed E-state index contributed by atoms with van der Waals surface area (Å²) in [6, 6.07) is 41.9. The number of carbonyl (C=O) groups excluding carboxylic acids is 1. The van der Waals surface area contributed by atoms with Gasteiger partial charge in [-0.1, -0.05) is 47.5 Å². The molecule has 0 aliphatic carbocycles. The fourth-order valence-electron chi connectivity index (χ4n) is 7.76. The predicted molar refractivity (Wildman–Crippen MR) is 372 cm³/mol. The Bertz CT molecular complexity index is 3950. The van der Waals surface area contributed by atoms with Crippen molar-refractivity contribution in [3.63, 3.8) is 0 Å². The first-order chi connectivity index (χ1) is 47.3. The van der Waals surface area contributed by atoms with Gasteiger partial charge in [0.1, 0.15) is 37.1 Å². The number of nitrogens with zero attached hydrogens (tertiary/aromatic N) is 15. The van der Waals surface area contributed by atoms with Gasteiger partial charge in [0.15, 0.2) is 34.9 Å². The second-order valence-electron chi connectivity index (χ2n) is 19.3. The number of nitrogens with one attached hydrogen (secondary N) is 7. The molecule has 0 aliphatic rings. The van der Waals surface area contributed by atoms with E-state index in [1.165, 1.54) is 0 Å². The average molecular weight is 1360 g/mol. The number of hydrogen-bond acceptors (Lipinski definition) is 24. The van der Waals surface area contributed by atoms with Crippen LogP contribution in [0.2, 0.25) is 0 Å². The summed E-state index contributed by atoms with van der Waals surface area (Å²) in [7, 11) is 0. The quantitative estimate of drug-likeness (QED) is 0.00339. The average Bonchev–Trinajstić information content (AvgIpc) is 1.26. The predicted octanol–water partition coefficient (Wildman–Crippen LogP) is 14.5. The number of ether oxygens (including phenoxy) is 6. The Hall–Kier alpha value is -12.9. The Morgan fingerprint density at radius 1 is 0.444 bits per heavy atom. The SMILES string of the molecule is C.C=CC(=O)Nc1cccc(Nc2nc(Nc3ccc(OCCOCCN=[N+]=[N-])cc3)ncc2F)c1.F.[N-]=[N+]=NCCOCCOc1ccc(Nc2ncc(F)c(Nc3cccc(N)c3)n2)cc1.[N-]=[N+]=NCCOCCOc1ccc(Nc2ncc(F)c(Nc3cccc(N)c3)n2)cc1. The van der Waals surface area contributed by atoms with E-state index in [-0.39, 0.29) is 59.9 Å². The van der Waals surface area contributed by atoms with Gasteiger partial charge in [0.25, 0.3) is 0 Å². The van der Waals surface area contributed by atoms with Gasteiger partial charge < -0.3 is 77.1 Å². The van der Waals surface area contributed by atoms with E-state index >= 15 is 0 Å². The maximum absolute atomic E-state index is 14.3. The Morgan fingerprint density at radius 2 is 0.758 bits per heavy atom. The summed E-state index contributed by atoms with van der Waals surface area (Å²) in [6.45, 7) is 7.51. The molecule has 516 valence electrons. The topological polar surface area (TPSA) is 432 Å². The van der Waals surface area contributed by atoms with Gasteiger partial charge in [0, 0.05) is 85.6 Å². The maximum Gasteiger partial charge on any atom is 0.247 e. The van der Waals surface area contributed by atoms with Crippen LogP contribution in [-0.4, -0.2) is 115 Å². The number of hydrogen-bond donors (Lipinski definition) is 9. The van der Waals surface area contributed by atoms with Gasteiger partial charge in [-0.15, -0.1) is 0 Å². The molecule has 0 saturated heterocycles. The largest absolute Gasteiger partial charge is 0.491 e. The number of carbonyl (C=O) groups is 1. The summed E-state index contributed by atoms with van der Waals surface area (Å²) >= 11 is 0. The van der Waals surface area contributed by atoms with Crippen LogP contribution in [0.15, 0.2) is 192 Å². The second kappa shape index (κ2) is 43.2. The van der Waals surface area contributed by atoms with Crippen molar-refractivity contribution in [3.05, 3.63) is 226 Å². The van der Waals surface area contributed by atoms with Crippen molar-refractivity contribution >= 4 is 92.4 Å². The Morgan fingerprint density at radius 3 is 1.07 bits per heavy atom. The van der Waals surface area contributed by atoms with E-state index in [0.717, 1.165) is 24.7 Å².